The van der Waals surface area contributed by atoms with Crippen molar-refractivity contribution >= 4 is 34.5 Å². The van der Waals surface area contributed by atoms with Gasteiger partial charge in [0.25, 0.3) is 0 Å². The third kappa shape index (κ3) is 7.84. The number of imidazole rings is 1. The largest absolute Gasteiger partial charge is 0.470 e. The average Bonchev–Trinajstić information content (AvgIpc) is 3.41. The number of nitrogens with zero attached hydrogens (tertiary/aromatic N) is 2. The van der Waals surface area contributed by atoms with Gasteiger partial charge < -0.3 is 63.5 Å². The molecule has 0 aliphatic carbocycles. The van der Waals surface area contributed by atoms with Crippen molar-refractivity contribution in [1.29, 1.82) is 0 Å². The number of para-hydroxylation sites is 2. The Bertz CT molecular complexity index is 1340. The van der Waals surface area contributed by atoms with Crippen LogP contribution in [-0.4, -0.2) is 116 Å². The van der Waals surface area contributed by atoms with Gasteiger partial charge >= 0.3 is 23.5 Å². The summed E-state index contributed by atoms with van der Waals surface area (Å²) >= 11 is 0. The van der Waals surface area contributed by atoms with Crippen molar-refractivity contribution in [2.45, 2.75) is 55.2 Å². The number of fused-ring (bicyclic) bond motifs is 1. The van der Waals surface area contributed by atoms with Gasteiger partial charge in [-0.3, -0.25) is 13.6 Å². The summed E-state index contributed by atoms with van der Waals surface area (Å²) in [5.74, 6) is 0. The fourth-order valence-corrected chi connectivity index (χ4v) is 6.24. The van der Waals surface area contributed by atoms with Crippen molar-refractivity contribution in [3.05, 3.63) is 30.6 Å². The van der Waals surface area contributed by atoms with E-state index in [2.05, 4.69) is 14.0 Å². The normalized spacial score (nSPS) is 33.4. The number of aromatic nitrogens is 2. The molecule has 0 bridgehead atoms. The molecule has 2 saturated heterocycles. The van der Waals surface area contributed by atoms with Crippen LogP contribution in [0.5, 0.6) is 0 Å². The van der Waals surface area contributed by atoms with Gasteiger partial charge in [-0.25, -0.2) is 18.7 Å². The zero-order valence-corrected chi connectivity index (χ0v) is 23.1. The standard InChI is InChI=1S/C18H27N2O18P3/c21-5-10-13(16(38-41(30,31)32)17(33-10)20-7-19-8-3-1-2-4-9(8)20)35-18-12(23)15(37-40(27,28)29)14(11(6-22)34-18)36-39(24,25)26/h1-4,7,10-18,21-23H,5-6H2,(H2,24,25,26)(H2,27,28,29)(H2,30,31,32)/t10-,11+,12+,13-,14-,15-,16-,17-,18-/m1/s1. The minimum Gasteiger partial charge on any atom is -0.394 e. The number of rotatable bonds is 11. The lowest BCUT2D eigenvalue weighted by molar-refractivity contribution is -0.313. The molecule has 2 aromatic rings. The molecule has 0 radical (unpaired) electrons. The molecule has 9 N–H and O–H groups in total. The van der Waals surface area contributed by atoms with Crippen molar-refractivity contribution < 1.29 is 86.2 Å². The minimum atomic E-state index is -5.49. The smallest absolute Gasteiger partial charge is 0.394 e. The molecular weight excluding hydrogens is 625 g/mol. The highest BCUT2D eigenvalue weighted by Gasteiger charge is 2.56. The van der Waals surface area contributed by atoms with Crippen LogP contribution < -0.4 is 0 Å². The second-order valence-electron chi connectivity index (χ2n) is 8.89. The highest BCUT2D eigenvalue weighted by molar-refractivity contribution is 7.46. The summed E-state index contributed by atoms with van der Waals surface area (Å²) in [6, 6.07) is 6.56. The van der Waals surface area contributed by atoms with Gasteiger partial charge in [-0.1, -0.05) is 12.1 Å². The van der Waals surface area contributed by atoms with E-state index in [9.17, 15) is 58.4 Å². The molecule has 3 heterocycles. The van der Waals surface area contributed by atoms with Gasteiger partial charge in [0.1, 0.15) is 42.7 Å². The second kappa shape index (κ2) is 12.4. The van der Waals surface area contributed by atoms with Crippen molar-refractivity contribution in [2.75, 3.05) is 13.2 Å². The molecule has 2 fully saturated rings. The molecular formula is C18H27N2O18P3. The molecule has 20 nitrogen and oxygen atoms in total. The molecule has 23 heteroatoms. The Morgan fingerprint density at radius 1 is 0.780 bits per heavy atom. The van der Waals surface area contributed by atoms with Crippen LogP contribution in [-0.2, 0) is 41.5 Å². The Labute approximate surface area is 229 Å². The van der Waals surface area contributed by atoms with Crippen LogP contribution in [0.2, 0.25) is 0 Å². The quantitative estimate of drug-likeness (QED) is 0.117. The maximum Gasteiger partial charge on any atom is 0.470 e. The van der Waals surface area contributed by atoms with Gasteiger partial charge in [0.2, 0.25) is 0 Å². The van der Waals surface area contributed by atoms with Crippen LogP contribution in [0.4, 0.5) is 0 Å². The maximum atomic E-state index is 11.9. The molecule has 1 aromatic carbocycles. The molecule has 41 heavy (non-hydrogen) atoms. The topological polar surface area (TPSA) is 306 Å². The zero-order valence-electron chi connectivity index (χ0n) is 20.4. The summed E-state index contributed by atoms with van der Waals surface area (Å²) in [6.45, 7) is -1.94. The fraction of sp³-hybridized carbons (Fsp3) is 0.611. The molecule has 0 unspecified atom stereocenters. The Kier molecular flexibility index (Phi) is 9.90. The van der Waals surface area contributed by atoms with Crippen LogP contribution in [0, 0.1) is 0 Å². The number of benzene rings is 1. The Balaban J connectivity index is 1.69. The SMILES string of the molecule is O=P(O)(O)O[C@@H]1[C@H](O)[C@@H](O[C@H]2[C@@H](OP(=O)(O)O)[C@H](n3cnc4ccccc43)O[C@@H]2CO)O[C@@H](CO)[C@H]1OP(=O)(O)O. The summed E-state index contributed by atoms with van der Waals surface area (Å²) in [7, 11) is -16.2. The first-order valence-corrected chi connectivity index (χ1v) is 16.1. The van der Waals surface area contributed by atoms with E-state index in [1.54, 1.807) is 24.3 Å². The molecule has 2 aliphatic heterocycles. The Morgan fingerprint density at radius 2 is 1.32 bits per heavy atom. The van der Waals surface area contributed by atoms with E-state index < -0.39 is 91.9 Å². The monoisotopic (exact) mass is 652 g/mol. The number of phosphoric acid groups is 3. The number of aliphatic hydroxyl groups is 3. The Hall–Kier alpha value is -1.22. The van der Waals surface area contributed by atoms with Crippen molar-refractivity contribution in [2.24, 2.45) is 0 Å². The van der Waals surface area contributed by atoms with Crippen LogP contribution in [0.3, 0.4) is 0 Å². The Morgan fingerprint density at radius 3 is 1.90 bits per heavy atom. The number of hydrogen-bond acceptors (Lipinski definition) is 13. The summed E-state index contributed by atoms with van der Waals surface area (Å²) in [5.41, 5.74) is 0.886. The lowest BCUT2D eigenvalue weighted by atomic mass is 9.99. The molecule has 4 rings (SSSR count). The van der Waals surface area contributed by atoms with Crippen molar-refractivity contribution in [1.82, 2.24) is 9.55 Å². The summed E-state index contributed by atoms with van der Waals surface area (Å²) in [4.78, 5) is 60.5. The number of ether oxygens (including phenoxy) is 3. The van der Waals surface area contributed by atoms with E-state index in [1.807, 2.05) is 0 Å². The molecule has 0 spiro atoms. The summed E-state index contributed by atoms with van der Waals surface area (Å²) in [5, 5.41) is 30.6. The zero-order chi connectivity index (χ0) is 30.3. The van der Waals surface area contributed by atoms with E-state index in [0.29, 0.717) is 11.0 Å². The molecule has 0 amide bonds. The first-order chi connectivity index (χ1) is 19.0. The van der Waals surface area contributed by atoms with Crippen LogP contribution in [0.1, 0.15) is 6.23 Å². The predicted octanol–water partition coefficient (Wildman–Crippen LogP) is -2.18. The van der Waals surface area contributed by atoms with Crippen molar-refractivity contribution in [3.63, 3.8) is 0 Å². The van der Waals surface area contributed by atoms with E-state index in [4.69, 9.17) is 18.7 Å². The maximum absolute atomic E-state index is 11.9. The van der Waals surface area contributed by atoms with Gasteiger partial charge in [0, 0.05) is 0 Å². The molecule has 1 aromatic heterocycles. The average molecular weight is 652 g/mol. The molecule has 9 atom stereocenters. The molecule has 2 aliphatic rings. The third-order valence-electron chi connectivity index (χ3n) is 6.08. The summed E-state index contributed by atoms with van der Waals surface area (Å²) in [6.07, 6.45) is -15.7. The van der Waals surface area contributed by atoms with Gasteiger partial charge in [-0.05, 0) is 12.1 Å². The van der Waals surface area contributed by atoms with Crippen LogP contribution in [0.25, 0.3) is 11.0 Å². The second-order valence-corrected chi connectivity index (χ2v) is 12.5. The number of aliphatic hydroxyl groups excluding tert-OH is 3. The van der Waals surface area contributed by atoms with Gasteiger partial charge in [-0.15, -0.1) is 0 Å². The van der Waals surface area contributed by atoms with Gasteiger partial charge in [-0.2, -0.15) is 0 Å². The van der Waals surface area contributed by atoms with Crippen LogP contribution >= 0.6 is 23.5 Å². The van der Waals surface area contributed by atoms with Crippen molar-refractivity contribution in [3.8, 4) is 0 Å². The highest BCUT2D eigenvalue weighted by atomic mass is 31.2. The van der Waals surface area contributed by atoms with E-state index in [0.717, 1.165) is 0 Å². The lowest BCUT2D eigenvalue weighted by Gasteiger charge is -2.44. The minimum absolute atomic E-state index is 0.427. The molecule has 0 saturated carbocycles. The van der Waals surface area contributed by atoms with Gasteiger partial charge in [0.05, 0.1) is 30.6 Å². The number of phosphoric ester groups is 3. The van der Waals surface area contributed by atoms with E-state index >= 15 is 0 Å². The van der Waals surface area contributed by atoms with E-state index in [-0.39, 0.29) is 0 Å². The van der Waals surface area contributed by atoms with E-state index in [1.165, 1.54) is 10.9 Å². The predicted molar refractivity (Wildman–Crippen MR) is 128 cm³/mol. The molecule has 232 valence electrons. The van der Waals surface area contributed by atoms with Crippen LogP contribution in [0.15, 0.2) is 30.6 Å². The summed E-state index contributed by atoms with van der Waals surface area (Å²) < 4.78 is 67.0. The number of hydrogen-bond donors (Lipinski definition) is 9. The first-order valence-electron chi connectivity index (χ1n) is 11.5. The highest BCUT2D eigenvalue weighted by Crippen LogP contribution is 2.49. The lowest BCUT2D eigenvalue weighted by Crippen LogP contribution is -2.61. The third-order valence-corrected chi connectivity index (χ3v) is 7.64. The van der Waals surface area contributed by atoms with Gasteiger partial charge in [0.15, 0.2) is 12.5 Å². The first kappa shape index (κ1) is 32.7. The fourth-order valence-electron chi connectivity index (χ4n) is 4.57.